The zero-order valence-electron chi connectivity index (χ0n) is 17.1. The van der Waals surface area contributed by atoms with Gasteiger partial charge in [-0.3, -0.25) is 10.1 Å². The molecule has 0 bridgehead atoms. The van der Waals surface area contributed by atoms with E-state index in [2.05, 4.69) is 36.4 Å². The average molecular weight is 430 g/mol. The van der Waals surface area contributed by atoms with Crippen LogP contribution in [0.15, 0.2) is 103 Å². The van der Waals surface area contributed by atoms with Crippen LogP contribution in [0.3, 0.4) is 0 Å². The molecule has 0 aliphatic heterocycles. The Hall–Kier alpha value is -3.36. The molecule has 5 heteroatoms. The van der Waals surface area contributed by atoms with Crippen LogP contribution in [0.25, 0.3) is 0 Å². The zero-order valence-corrected chi connectivity index (χ0v) is 18.0. The van der Waals surface area contributed by atoms with Crippen LogP contribution in [0.1, 0.15) is 11.1 Å². The van der Waals surface area contributed by atoms with Gasteiger partial charge in [-0.05, 0) is 49.4 Å². The van der Waals surface area contributed by atoms with Crippen molar-refractivity contribution in [1.29, 1.82) is 0 Å². The molecular formula is C26H22FNO2P+. The number of rotatable bonds is 6. The number of nitro benzene ring substituents is 1. The van der Waals surface area contributed by atoms with Crippen LogP contribution in [-0.2, 0) is 6.16 Å². The van der Waals surface area contributed by atoms with Crippen molar-refractivity contribution in [2.24, 2.45) is 0 Å². The molecule has 0 saturated carbocycles. The highest BCUT2D eigenvalue weighted by atomic mass is 31.2. The first-order chi connectivity index (χ1) is 15.0. The van der Waals surface area contributed by atoms with Crippen molar-refractivity contribution in [2.75, 3.05) is 0 Å². The quantitative estimate of drug-likeness (QED) is 0.229. The smallest absolute Gasteiger partial charge is 0.258 e. The Balaban J connectivity index is 2.04. The highest BCUT2D eigenvalue weighted by molar-refractivity contribution is 7.95. The Morgan fingerprint density at radius 2 is 1.19 bits per heavy atom. The standard InChI is InChI=1S/C26H22FNO2P/c1-20-21(17-22(27)18-26(20)28(29)30)19-31(23-11-5-2-6-12-23,24-13-7-3-8-14-24)25-15-9-4-10-16-25/h2-18H,19H2,1H3/q+1. The molecule has 0 heterocycles. The maximum absolute atomic E-state index is 14.5. The van der Waals surface area contributed by atoms with Gasteiger partial charge in [0.15, 0.2) is 0 Å². The minimum Gasteiger partial charge on any atom is -0.258 e. The second-order valence-electron chi connectivity index (χ2n) is 7.44. The van der Waals surface area contributed by atoms with Crippen molar-refractivity contribution in [2.45, 2.75) is 13.1 Å². The number of hydrogen-bond donors (Lipinski definition) is 0. The fourth-order valence-corrected chi connectivity index (χ4v) is 8.42. The summed E-state index contributed by atoms with van der Waals surface area (Å²) in [5.41, 5.74) is 0.998. The highest BCUT2D eigenvalue weighted by Gasteiger charge is 2.46. The van der Waals surface area contributed by atoms with Crippen LogP contribution in [0.5, 0.6) is 0 Å². The molecule has 0 fully saturated rings. The molecule has 0 radical (unpaired) electrons. The number of halogens is 1. The Labute approximate surface area is 181 Å². The van der Waals surface area contributed by atoms with Gasteiger partial charge in [0.2, 0.25) is 0 Å². The molecule has 4 aromatic carbocycles. The summed E-state index contributed by atoms with van der Waals surface area (Å²) in [6, 6.07) is 33.1. The van der Waals surface area contributed by atoms with Crippen molar-refractivity contribution < 1.29 is 9.31 Å². The zero-order chi connectivity index (χ0) is 21.8. The second kappa shape index (κ2) is 8.79. The van der Waals surface area contributed by atoms with E-state index in [-0.39, 0.29) is 5.69 Å². The van der Waals surface area contributed by atoms with Crippen LogP contribution < -0.4 is 15.9 Å². The van der Waals surface area contributed by atoms with Crippen LogP contribution in [0, 0.1) is 22.9 Å². The van der Waals surface area contributed by atoms with Crippen molar-refractivity contribution in [3.63, 3.8) is 0 Å². The van der Waals surface area contributed by atoms with E-state index in [9.17, 15) is 14.5 Å². The van der Waals surface area contributed by atoms with Gasteiger partial charge >= 0.3 is 0 Å². The first-order valence-electron chi connectivity index (χ1n) is 10.0. The first-order valence-corrected chi connectivity index (χ1v) is 12.0. The maximum Gasteiger partial charge on any atom is 0.275 e. The van der Waals surface area contributed by atoms with Crippen molar-refractivity contribution >= 4 is 28.9 Å². The third kappa shape index (κ3) is 3.99. The number of benzene rings is 4. The molecule has 3 nitrogen and oxygen atoms in total. The molecule has 0 spiro atoms. The van der Waals surface area contributed by atoms with Gasteiger partial charge in [0.1, 0.15) is 29.0 Å². The molecule has 154 valence electrons. The SMILES string of the molecule is Cc1c(C[P+](c2ccccc2)(c2ccccc2)c2ccccc2)cc(F)cc1[N+](=O)[O-]. The van der Waals surface area contributed by atoms with E-state index < -0.39 is 18.0 Å². The van der Waals surface area contributed by atoms with Gasteiger partial charge < -0.3 is 0 Å². The molecular weight excluding hydrogens is 408 g/mol. The maximum atomic E-state index is 14.5. The van der Waals surface area contributed by atoms with Gasteiger partial charge in [0.05, 0.1) is 17.2 Å². The van der Waals surface area contributed by atoms with E-state index in [0.717, 1.165) is 22.0 Å². The normalized spacial score (nSPS) is 11.3. The summed E-state index contributed by atoms with van der Waals surface area (Å²) < 4.78 is 14.5. The lowest BCUT2D eigenvalue weighted by Gasteiger charge is -2.28. The van der Waals surface area contributed by atoms with E-state index in [4.69, 9.17) is 0 Å². The third-order valence-electron chi connectivity index (χ3n) is 5.65. The Kier molecular flexibility index (Phi) is 5.92. The van der Waals surface area contributed by atoms with Crippen molar-refractivity contribution in [3.05, 3.63) is 130 Å². The summed E-state index contributed by atoms with van der Waals surface area (Å²) >= 11 is 0. The molecule has 0 saturated heterocycles. The summed E-state index contributed by atoms with van der Waals surface area (Å²) in [4.78, 5) is 11.0. The van der Waals surface area contributed by atoms with Crippen LogP contribution in [0.2, 0.25) is 0 Å². The summed E-state index contributed by atoms with van der Waals surface area (Å²) in [7, 11) is -2.26. The van der Waals surface area contributed by atoms with Crippen molar-refractivity contribution in [1.82, 2.24) is 0 Å². The van der Waals surface area contributed by atoms with Gasteiger partial charge in [-0.1, -0.05) is 54.6 Å². The Bertz CT molecular complexity index is 1100. The predicted molar refractivity (Wildman–Crippen MR) is 127 cm³/mol. The van der Waals surface area contributed by atoms with Gasteiger partial charge in [-0.25, -0.2) is 4.39 Å². The summed E-state index contributed by atoms with van der Waals surface area (Å²) in [6.45, 7) is 1.71. The lowest BCUT2D eigenvalue weighted by Crippen LogP contribution is -2.32. The summed E-state index contributed by atoms with van der Waals surface area (Å²) in [6.07, 6.45) is 0.496. The highest BCUT2D eigenvalue weighted by Crippen LogP contribution is 2.58. The molecule has 0 aliphatic rings. The molecule has 0 aliphatic carbocycles. The van der Waals surface area contributed by atoms with Crippen LogP contribution in [-0.4, -0.2) is 4.92 Å². The fourth-order valence-electron chi connectivity index (χ4n) is 4.10. The van der Waals surface area contributed by atoms with E-state index >= 15 is 0 Å². The van der Waals surface area contributed by atoms with Crippen molar-refractivity contribution in [3.8, 4) is 0 Å². The fraction of sp³-hybridized carbons (Fsp3) is 0.0769. The molecule has 0 unspecified atom stereocenters. The van der Waals surface area contributed by atoms with Crippen LogP contribution >= 0.6 is 7.26 Å². The van der Waals surface area contributed by atoms with E-state index in [1.54, 1.807) is 6.92 Å². The first kappa shape index (κ1) is 20.9. The Morgan fingerprint density at radius 3 is 1.58 bits per heavy atom. The van der Waals surface area contributed by atoms with Gasteiger partial charge in [-0.2, -0.15) is 0 Å². The monoisotopic (exact) mass is 430 g/mol. The lowest BCUT2D eigenvalue weighted by atomic mass is 10.1. The summed E-state index contributed by atoms with van der Waals surface area (Å²) in [5.74, 6) is -0.584. The van der Waals surface area contributed by atoms with E-state index in [0.29, 0.717) is 17.3 Å². The molecule has 0 atom stereocenters. The molecule has 4 rings (SSSR count). The molecule has 0 aromatic heterocycles. The number of hydrogen-bond acceptors (Lipinski definition) is 2. The molecule has 0 amide bonds. The van der Waals surface area contributed by atoms with E-state index in [1.807, 2.05) is 54.6 Å². The predicted octanol–water partition coefficient (Wildman–Crippen LogP) is 5.54. The average Bonchev–Trinajstić information content (AvgIpc) is 2.81. The topological polar surface area (TPSA) is 43.1 Å². The third-order valence-corrected chi connectivity index (χ3v) is 10.0. The van der Waals surface area contributed by atoms with Gasteiger partial charge in [0.25, 0.3) is 5.69 Å². The largest absolute Gasteiger partial charge is 0.275 e. The minimum absolute atomic E-state index is 0.178. The van der Waals surface area contributed by atoms with Gasteiger partial charge in [-0.15, -0.1) is 0 Å². The van der Waals surface area contributed by atoms with E-state index in [1.165, 1.54) is 6.07 Å². The van der Waals surface area contributed by atoms with Crippen LogP contribution in [0.4, 0.5) is 10.1 Å². The second-order valence-corrected chi connectivity index (χ2v) is 10.9. The minimum atomic E-state index is -2.26. The van der Waals surface area contributed by atoms with Gasteiger partial charge in [0, 0.05) is 11.1 Å². The lowest BCUT2D eigenvalue weighted by molar-refractivity contribution is -0.385. The molecule has 31 heavy (non-hydrogen) atoms. The number of nitrogens with zero attached hydrogens (tertiary/aromatic N) is 1. The molecule has 4 aromatic rings. The summed E-state index contributed by atoms with van der Waals surface area (Å²) in [5, 5.41) is 15.0. The molecule has 0 N–H and O–H groups in total. The number of nitro groups is 1. The Morgan fingerprint density at radius 1 is 0.774 bits per heavy atom.